The largest absolute Gasteiger partial charge is 0.389 e. The van der Waals surface area contributed by atoms with Crippen LogP contribution in [0.3, 0.4) is 0 Å². The Morgan fingerprint density at radius 1 is 1.18 bits per heavy atom. The molecule has 0 amide bonds. The van der Waals surface area contributed by atoms with Crippen molar-refractivity contribution in [2.24, 2.45) is 28.1 Å². The van der Waals surface area contributed by atoms with E-state index < -0.39 is 5.60 Å². The highest BCUT2D eigenvalue weighted by atomic mass is 16.3. The zero-order valence-electron chi connectivity index (χ0n) is 14.7. The Morgan fingerprint density at radius 2 is 1.86 bits per heavy atom. The second kappa shape index (κ2) is 4.69. The van der Waals surface area contributed by atoms with Crippen LogP contribution in [0.5, 0.6) is 0 Å². The molecule has 5 atom stereocenters. The number of carbonyl (C=O) groups excluding carboxylic acids is 1. The summed E-state index contributed by atoms with van der Waals surface area (Å²) in [6, 6.07) is 0. The van der Waals surface area contributed by atoms with Crippen molar-refractivity contribution < 1.29 is 9.90 Å². The molecule has 2 nitrogen and oxygen atoms in total. The minimum Gasteiger partial charge on any atom is -0.389 e. The molecule has 3 aliphatic carbocycles. The molecule has 0 bridgehead atoms. The lowest BCUT2D eigenvalue weighted by Crippen LogP contribution is -2.64. The minimum absolute atomic E-state index is 0.0334. The highest BCUT2D eigenvalue weighted by molar-refractivity contribution is 5.85. The van der Waals surface area contributed by atoms with Crippen molar-refractivity contribution in [1.82, 2.24) is 0 Å². The summed E-state index contributed by atoms with van der Waals surface area (Å²) in [4.78, 5) is 13.1. The van der Waals surface area contributed by atoms with Crippen molar-refractivity contribution in [3.63, 3.8) is 0 Å². The van der Waals surface area contributed by atoms with Gasteiger partial charge in [0, 0.05) is 6.42 Å². The van der Waals surface area contributed by atoms with E-state index in [0.717, 1.165) is 19.3 Å². The molecule has 0 saturated heterocycles. The average molecular weight is 304 g/mol. The van der Waals surface area contributed by atoms with Gasteiger partial charge in [-0.1, -0.05) is 40.2 Å². The van der Waals surface area contributed by atoms with Gasteiger partial charge < -0.3 is 5.11 Å². The zero-order valence-corrected chi connectivity index (χ0v) is 14.7. The molecule has 0 aliphatic heterocycles. The van der Waals surface area contributed by atoms with E-state index in [2.05, 4.69) is 34.3 Å². The number of rotatable bonds is 1. The van der Waals surface area contributed by atoms with Crippen LogP contribution in [0.15, 0.2) is 12.7 Å². The lowest BCUT2D eigenvalue weighted by atomic mass is 9.42. The highest BCUT2D eigenvalue weighted by Crippen LogP contribution is 2.65. The van der Waals surface area contributed by atoms with Gasteiger partial charge >= 0.3 is 0 Å². The Balaban J connectivity index is 2.03. The van der Waals surface area contributed by atoms with E-state index in [4.69, 9.17) is 0 Å². The first-order valence-corrected chi connectivity index (χ1v) is 8.95. The van der Waals surface area contributed by atoms with E-state index in [1.807, 2.05) is 6.08 Å². The van der Waals surface area contributed by atoms with E-state index >= 15 is 0 Å². The molecular weight excluding hydrogens is 272 g/mol. The molecule has 0 aromatic rings. The van der Waals surface area contributed by atoms with E-state index in [1.165, 1.54) is 12.8 Å². The van der Waals surface area contributed by atoms with Gasteiger partial charge in [-0.2, -0.15) is 0 Å². The summed E-state index contributed by atoms with van der Waals surface area (Å²) < 4.78 is 0. The van der Waals surface area contributed by atoms with E-state index in [1.54, 1.807) is 0 Å². The van der Waals surface area contributed by atoms with Crippen molar-refractivity contribution >= 4 is 5.78 Å². The number of ketones is 1. The quantitative estimate of drug-likeness (QED) is 0.723. The van der Waals surface area contributed by atoms with Crippen LogP contribution < -0.4 is 0 Å². The number of Topliss-reactive ketones (excluding diaryl/α,β-unsaturated/α-hetero) is 1. The molecule has 0 unspecified atom stereocenters. The number of allylic oxidation sites excluding steroid dienone is 1. The van der Waals surface area contributed by atoms with E-state index in [0.29, 0.717) is 18.8 Å². The van der Waals surface area contributed by atoms with Gasteiger partial charge in [0.05, 0.1) is 11.5 Å². The van der Waals surface area contributed by atoms with Crippen LogP contribution in [0.1, 0.15) is 72.6 Å². The van der Waals surface area contributed by atoms with Crippen LogP contribution in [-0.4, -0.2) is 16.5 Å². The van der Waals surface area contributed by atoms with Gasteiger partial charge in [0.2, 0.25) is 0 Å². The molecule has 3 rings (SSSR count). The number of carbonyl (C=O) groups is 1. The topological polar surface area (TPSA) is 37.3 Å². The van der Waals surface area contributed by atoms with Crippen LogP contribution in [-0.2, 0) is 4.79 Å². The Kier molecular flexibility index (Phi) is 3.46. The molecule has 22 heavy (non-hydrogen) atoms. The van der Waals surface area contributed by atoms with Crippen LogP contribution in [0.2, 0.25) is 0 Å². The Hall–Kier alpha value is -0.630. The van der Waals surface area contributed by atoms with Gasteiger partial charge in [0.25, 0.3) is 0 Å². The monoisotopic (exact) mass is 304 g/mol. The molecule has 2 heteroatoms. The third kappa shape index (κ3) is 2.13. The van der Waals surface area contributed by atoms with Crippen LogP contribution in [0, 0.1) is 28.1 Å². The Labute approximate surface area is 135 Å². The summed E-state index contributed by atoms with van der Waals surface area (Å²) in [5.41, 5.74) is -0.811. The molecule has 124 valence electrons. The molecule has 1 N–H and O–H groups in total. The summed E-state index contributed by atoms with van der Waals surface area (Å²) in [6.07, 6.45) is 8.47. The van der Waals surface area contributed by atoms with Crippen LogP contribution >= 0.6 is 0 Å². The third-order valence-corrected chi connectivity index (χ3v) is 7.44. The first kappa shape index (κ1) is 16.2. The Bertz CT molecular complexity index is 508. The maximum absolute atomic E-state index is 13.1. The maximum Gasteiger partial charge on any atom is 0.140 e. The number of hydrogen-bond acceptors (Lipinski definition) is 2. The fourth-order valence-electron chi connectivity index (χ4n) is 6.65. The molecule has 3 saturated carbocycles. The summed E-state index contributed by atoms with van der Waals surface area (Å²) in [5.74, 6) is 0.656. The second-order valence-electron chi connectivity index (χ2n) is 9.65. The van der Waals surface area contributed by atoms with Gasteiger partial charge in [0.1, 0.15) is 5.78 Å². The van der Waals surface area contributed by atoms with Gasteiger partial charge in [0.15, 0.2) is 0 Å². The summed E-state index contributed by atoms with van der Waals surface area (Å²) in [7, 11) is 0. The number of aliphatic hydroxyl groups is 1. The molecule has 3 aliphatic rings. The lowest BCUT2D eigenvalue weighted by molar-refractivity contribution is -0.201. The molecule has 0 aromatic carbocycles. The summed E-state index contributed by atoms with van der Waals surface area (Å²) in [5, 5.41) is 11.4. The molecular formula is C20H32O2. The van der Waals surface area contributed by atoms with Crippen LogP contribution in [0.4, 0.5) is 0 Å². The fraction of sp³-hybridized carbons (Fsp3) is 0.850. The molecule has 0 heterocycles. The average Bonchev–Trinajstić information content (AvgIpc) is 2.35. The van der Waals surface area contributed by atoms with Gasteiger partial charge in [-0.3, -0.25) is 4.79 Å². The predicted molar refractivity (Wildman–Crippen MR) is 89.4 cm³/mol. The lowest BCUT2D eigenvalue weighted by Gasteiger charge is -2.63. The standard InChI is InChI=1S/C20H32O2/c1-6-18(4)12-14(21)16-19(5)10-7-9-17(2,3)15(19)8-11-20(16,22)13-18/h6,15-16,22H,1,7-13H2,2-5H3/t15-,16+,18-,19+,20+/m0/s1. The molecule has 3 fully saturated rings. The minimum atomic E-state index is -0.822. The second-order valence-corrected chi connectivity index (χ2v) is 9.65. The maximum atomic E-state index is 13.1. The van der Waals surface area contributed by atoms with Crippen molar-refractivity contribution in [3.8, 4) is 0 Å². The van der Waals surface area contributed by atoms with Crippen LogP contribution in [0.25, 0.3) is 0 Å². The summed E-state index contributed by atoms with van der Waals surface area (Å²) in [6.45, 7) is 13.0. The number of hydrogen-bond donors (Lipinski definition) is 1. The first-order valence-electron chi connectivity index (χ1n) is 8.95. The Morgan fingerprint density at radius 3 is 2.50 bits per heavy atom. The molecule has 0 radical (unpaired) electrons. The number of fused-ring (bicyclic) bond motifs is 3. The van der Waals surface area contributed by atoms with Crippen molar-refractivity contribution in [2.45, 2.75) is 78.2 Å². The van der Waals surface area contributed by atoms with Gasteiger partial charge in [-0.05, 0) is 54.3 Å². The fourth-order valence-corrected chi connectivity index (χ4v) is 6.65. The summed E-state index contributed by atoms with van der Waals surface area (Å²) >= 11 is 0. The van der Waals surface area contributed by atoms with Crippen molar-refractivity contribution in [2.75, 3.05) is 0 Å². The predicted octanol–water partition coefficient (Wildman–Crippen LogP) is 4.52. The molecule has 0 aromatic heterocycles. The van der Waals surface area contributed by atoms with Gasteiger partial charge in [-0.15, -0.1) is 6.58 Å². The van der Waals surface area contributed by atoms with Crippen molar-refractivity contribution in [3.05, 3.63) is 12.7 Å². The third-order valence-electron chi connectivity index (χ3n) is 7.44. The highest BCUT2D eigenvalue weighted by Gasteiger charge is 2.64. The normalized spacial score (nSPS) is 50.9. The van der Waals surface area contributed by atoms with E-state index in [-0.39, 0.29) is 27.9 Å². The molecule has 0 spiro atoms. The SMILES string of the molecule is C=C[C@@]1(C)CC(=O)[C@H]2[C@@](O)(CC[C@H]3C(C)(C)CCC[C@]32C)C1. The smallest absolute Gasteiger partial charge is 0.140 e. The van der Waals surface area contributed by atoms with E-state index in [9.17, 15) is 9.90 Å². The first-order chi connectivity index (χ1) is 10.1. The van der Waals surface area contributed by atoms with Crippen molar-refractivity contribution in [1.29, 1.82) is 0 Å². The van der Waals surface area contributed by atoms with Gasteiger partial charge in [-0.25, -0.2) is 0 Å². The zero-order chi connectivity index (χ0) is 16.4.